The molecule has 17 heavy (non-hydrogen) atoms. The predicted octanol–water partition coefficient (Wildman–Crippen LogP) is 2.94. The van der Waals surface area contributed by atoms with E-state index in [-0.39, 0.29) is 5.54 Å². The zero-order valence-electron chi connectivity index (χ0n) is 11.5. The predicted molar refractivity (Wildman–Crippen MR) is 74.9 cm³/mol. The molecule has 1 aliphatic rings. The summed E-state index contributed by atoms with van der Waals surface area (Å²) in [6, 6.07) is 0.740. The second-order valence-corrected chi connectivity index (χ2v) is 7.01. The summed E-state index contributed by atoms with van der Waals surface area (Å²) in [6.07, 6.45) is 2.65. The summed E-state index contributed by atoms with van der Waals surface area (Å²) in [7, 11) is 2.16. The fraction of sp³-hybridized carbons (Fsp3) is 0.769. The van der Waals surface area contributed by atoms with Gasteiger partial charge in [-0.25, -0.2) is 4.98 Å². The highest BCUT2D eigenvalue weighted by atomic mass is 32.1. The first-order valence-corrected chi connectivity index (χ1v) is 7.12. The second kappa shape index (κ2) is 4.58. The minimum Gasteiger partial charge on any atom is -0.348 e. The third-order valence-electron chi connectivity index (χ3n) is 3.06. The monoisotopic (exact) mass is 253 g/mol. The van der Waals surface area contributed by atoms with E-state index in [2.05, 4.69) is 49.9 Å². The van der Waals surface area contributed by atoms with E-state index >= 15 is 0 Å². The maximum absolute atomic E-state index is 4.68. The Morgan fingerprint density at radius 2 is 2.06 bits per heavy atom. The molecule has 0 spiro atoms. The topological polar surface area (TPSA) is 28.2 Å². The summed E-state index contributed by atoms with van der Waals surface area (Å²) in [5.41, 5.74) is 1.34. The zero-order valence-corrected chi connectivity index (χ0v) is 12.3. The number of nitrogens with zero attached hydrogens (tertiary/aromatic N) is 2. The van der Waals surface area contributed by atoms with E-state index in [1.165, 1.54) is 28.5 Å². The average molecular weight is 253 g/mol. The Morgan fingerprint density at radius 3 is 2.59 bits per heavy atom. The van der Waals surface area contributed by atoms with Gasteiger partial charge in [0.05, 0.1) is 5.69 Å². The van der Waals surface area contributed by atoms with Crippen molar-refractivity contribution >= 4 is 16.5 Å². The van der Waals surface area contributed by atoms with Crippen molar-refractivity contribution in [2.24, 2.45) is 0 Å². The number of hydrogen-bond acceptors (Lipinski definition) is 4. The van der Waals surface area contributed by atoms with Gasteiger partial charge in [-0.15, -0.1) is 11.3 Å². The summed E-state index contributed by atoms with van der Waals surface area (Å²) in [4.78, 5) is 8.37. The Morgan fingerprint density at radius 1 is 1.41 bits per heavy atom. The minimum absolute atomic E-state index is 0.166. The van der Waals surface area contributed by atoms with Crippen LogP contribution in [-0.4, -0.2) is 23.6 Å². The van der Waals surface area contributed by atoms with E-state index in [1.807, 2.05) is 11.3 Å². The van der Waals surface area contributed by atoms with Crippen LogP contribution in [0, 0.1) is 6.92 Å². The smallest absolute Gasteiger partial charge is 0.185 e. The standard InChI is InChI=1S/C13H23N3S/c1-9-11(8-14-13(2,3)4)17-12(15-9)16(5)10-6-7-10/h10,14H,6-8H2,1-5H3. The van der Waals surface area contributed by atoms with Crippen molar-refractivity contribution in [2.45, 2.75) is 58.7 Å². The highest BCUT2D eigenvalue weighted by Crippen LogP contribution is 2.33. The number of nitrogens with one attached hydrogen (secondary N) is 1. The van der Waals surface area contributed by atoms with Crippen molar-refractivity contribution in [3.05, 3.63) is 10.6 Å². The lowest BCUT2D eigenvalue weighted by molar-refractivity contribution is 0.425. The van der Waals surface area contributed by atoms with Gasteiger partial charge in [-0.3, -0.25) is 0 Å². The van der Waals surface area contributed by atoms with Crippen LogP contribution in [-0.2, 0) is 6.54 Å². The normalized spacial score (nSPS) is 16.3. The summed E-state index contributed by atoms with van der Waals surface area (Å²) in [5, 5.41) is 4.70. The van der Waals surface area contributed by atoms with Gasteiger partial charge in [0.2, 0.25) is 0 Å². The third kappa shape index (κ3) is 3.42. The molecule has 0 unspecified atom stereocenters. The van der Waals surface area contributed by atoms with E-state index < -0.39 is 0 Å². The molecule has 1 fully saturated rings. The maximum atomic E-state index is 4.68. The van der Waals surface area contributed by atoms with E-state index in [4.69, 9.17) is 0 Å². The van der Waals surface area contributed by atoms with Crippen LogP contribution in [0.4, 0.5) is 5.13 Å². The number of rotatable bonds is 4. The first-order valence-electron chi connectivity index (χ1n) is 6.31. The molecular formula is C13H23N3S. The molecule has 1 heterocycles. The van der Waals surface area contributed by atoms with Crippen molar-refractivity contribution in [3.8, 4) is 0 Å². The Balaban J connectivity index is 2.02. The van der Waals surface area contributed by atoms with Gasteiger partial charge in [0.25, 0.3) is 0 Å². The quantitative estimate of drug-likeness (QED) is 0.894. The Kier molecular flexibility index (Phi) is 3.46. The van der Waals surface area contributed by atoms with E-state index in [1.54, 1.807) is 0 Å². The van der Waals surface area contributed by atoms with Crippen molar-refractivity contribution in [2.75, 3.05) is 11.9 Å². The molecule has 4 heteroatoms. The van der Waals surface area contributed by atoms with Crippen LogP contribution in [0.2, 0.25) is 0 Å². The average Bonchev–Trinajstić information content (AvgIpc) is 2.98. The number of anilines is 1. The van der Waals surface area contributed by atoms with Crippen LogP contribution >= 0.6 is 11.3 Å². The third-order valence-corrected chi connectivity index (χ3v) is 4.30. The molecule has 1 aromatic rings. The zero-order chi connectivity index (χ0) is 12.6. The molecule has 0 aliphatic heterocycles. The largest absolute Gasteiger partial charge is 0.348 e. The molecule has 0 atom stereocenters. The van der Waals surface area contributed by atoms with Crippen LogP contribution < -0.4 is 10.2 Å². The molecule has 0 amide bonds. The van der Waals surface area contributed by atoms with E-state index in [0.717, 1.165) is 12.6 Å². The summed E-state index contributed by atoms with van der Waals surface area (Å²) >= 11 is 1.83. The fourth-order valence-electron chi connectivity index (χ4n) is 1.69. The van der Waals surface area contributed by atoms with Crippen molar-refractivity contribution in [1.82, 2.24) is 10.3 Å². The Labute approximate surface area is 108 Å². The molecule has 2 rings (SSSR count). The highest BCUT2D eigenvalue weighted by Gasteiger charge is 2.28. The Bertz CT molecular complexity index is 388. The lowest BCUT2D eigenvalue weighted by atomic mass is 10.1. The molecule has 0 radical (unpaired) electrons. The maximum Gasteiger partial charge on any atom is 0.185 e. The first kappa shape index (κ1) is 12.8. The second-order valence-electron chi connectivity index (χ2n) is 5.95. The van der Waals surface area contributed by atoms with Crippen LogP contribution in [0.3, 0.4) is 0 Å². The molecule has 3 nitrogen and oxygen atoms in total. The van der Waals surface area contributed by atoms with Crippen LogP contribution in [0.1, 0.15) is 44.2 Å². The number of aromatic nitrogens is 1. The first-order chi connectivity index (χ1) is 7.87. The van der Waals surface area contributed by atoms with Gasteiger partial charge in [-0.05, 0) is 40.5 Å². The van der Waals surface area contributed by atoms with Crippen molar-refractivity contribution < 1.29 is 0 Å². The van der Waals surface area contributed by atoms with E-state index in [9.17, 15) is 0 Å². The van der Waals surface area contributed by atoms with E-state index in [0.29, 0.717) is 0 Å². The summed E-state index contributed by atoms with van der Waals surface area (Å²) < 4.78 is 0. The van der Waals surface area contributed by atoms with Gasteiger partial charge in [-0.1, -0.05) is 0 Å². The molecule has 0 saturated heterocycles. The van der Waals surface area contributed by atoms with Gasteiger partial charge >= 0.3 is 0 Å². The molecule has 96 valence electrons. The van der Waals surface area contributed by atoms with Crippen LogP contribution in [0.5, 0.6) is 0 Å². The molecular weight excluding hydrogens is 230 g/mol. The van der Waals surface area contributed by atoms with Gasteiger partial charge in [-0.2, -0.15) is 0 Å². The van der Waals surface area contributed by atoms with Crippen LogP contribution in [0.25, 0.3) is 0 Å². The molecule has 1 N–H and O–H groups in total. The summed E-state index contributed by atoms with van der Waals surface area (Å²) in [6.45, 7) is 9.62. The highest BCUT2D eigenvalue weighted by molar-refractivity contribution is 7.15. The number of thiazole rings is 1. The van der Waals surface area contributed by atoms with Crippen molar-refractivity contribution in [1.29, 1.82) is 0 Å². The fourth-order valence-corrected chi connectivity index (χ4v) is 2.72. The lowest BCUT2D eigenvalue weighted by Crippen LogP contribution is -2.34. The molecule has 0 bridgehead atoms. The molecule has 1 aromatic heterocycles. The molecule has 0 aromatic carbocycles. The van der Waals surface area contributed by atoms with Gasteiger partial charge in [0, 0.05) is 30.1 Å². The lowest BCUT2D eigenvalue weighted by Gasteiger charge is -2.20. The van der Waals surface area contributed by atoms with Crippen LogP contribution in [0.15, 0.2) is 0 Å². The number of aryl methyl sites for hydroxylation is 1. The Hall–Kier alpha value is -0.610. The minimum atomic E-state index is 0.166. The molecule has 1 aliphatic carbocycles. The van der Waals surface area contributed by atoms with Gasteiger partial charge < -0.3 is 10.2 Å². The van der Waals surface area contributed by atoms with Gasteiger partial charge in [0.15, 0.2) is 5.13 Å². The number of hydrogen-bond donors (Lipinski definition) is 1. The van der Waals surface area contributed by atoms with Crippen molar-refractivity contribution in [3.63, 3.8) is 0 Å². The SMILES string of the molecule is Cc1nc(N(C)C2CC2)sc1CNC(C)(C)C. The summed E-state index contributed by atoms with van der Waals surface area (Å²) in [5.74, 6) is 0. The molecule has 1 saturated carbocycles. The van der Waals surface area contributed by atoms with Gasteiger partial charge in [0.1, 0.15) is 0 Å².